The van der Waals surface area contributed by atoms with Gasteiger partial charge in [0.2, 0.25) is 0 Å². The van der Waals surface area contributed by atoms with E-state index in [0.29, 0.717) is 5.69 Å². The molecule has 4 nitrogen and oxygen atoms in total. The Balaban J connectivity index is 1.98. The predicted molar refractivity (Wildman–Crippen MR) is 95.5 cm³/mol. The molecule has 2 rings (SSSR count). The van der Waals surface area contributed by atoms with Crippen molar-refractivity contribution in [1.29, 1.82) is 0 Å². The molecular formula is C19H19ClFNO3. The molecule has 0 saturated carbocycles. The van der Waals surface area contributed by atoms with Crippen molar-refractivity contribution in [3.63, 3.8) is 0 Å². The van der Waals surface area contributed by atoms with E-state index in [-0.39, 0.29) is 16.5 Å². The summed E-state index contributed by atoms with van der Waals surface area (Å²) in [7, 11) is 0. The fourth-order valence-corrected chi connectivity index (χ4v) is 2.47. The number of hydrogen-bond donors (Lipinski definition) is 1. The summed E-state index contributed by atoms with van der Waals surface area (Å²) in [6.07, 6.45) is 0.928. The Morgan fingerprint density at radius 2 is 1.96 bits per heavy atom. The van der Waals surface area contributed by atoms with Crippen LogP contribution in [0.15, 0.2) is 42.5 Å². The van der Waals surface area contributed by atoms with Crippen LogP contribution in [0.2, 0.25) is 5.02 Å². The second-order valence-corrected chi connectivity index (χ2v) is 6.08. The number of nitrogens with one attached hydrogen (secondary N) is 1. The molecule has 0 unspecified atom stereocenters. The maximum Gasteiger partial charge on any atom is 0.341 e. The molecule has 0 spiro atoms. The van der Waals surface area contributed by atoms with E-state index >= 15 is 0 Å². The van der Waals surface area contributed by atoms with Crippen molar-refractivity contribution in [2.75, 3.05) is 11.9 Å². The van der Waals surface area contributed by atoms with Crippen molar-refractivity contribution >= 4 is 29.2 Å². The number of amides is 1. The lowest BCUT2D eigenvalue weighted by molar-refractivity contribution is -0.119. The van der Waals surface area contributed by atoms with Gasteiger partial charge in [-0.05, 0) is 42.2 Å². The standard InChI is InChI=1S/C19H19ClFNO3/c1-3-12(2)14-6-4-5-7-17(14)22-18(23)11-25-19(24)15-9-8-13(20)10-16(15)21/h4-10,12H,3,11H2,1-2H3,(H,22,23)/t12-/m0/s1. The number of carbonyl (C=O) groups is 2. The molecule has 1 amide bonds. The Morgan fingerprint density at radius 3 is 2.64 bits per heavy atom. The van der Waals surface area contributed by atoms with Crippen LogP contribution in [0.3, 0.4) is 0 Å². The first-order chi connectivity index (χ1) is 11.9. The number of carbonyl (C=O) groups excluding carboxylic acids is 2. The largest absolute Gasteiger partial charge is 0.452 e. The topological polar surface area (TPSA) is 55.4 Å². The minimum Gasteiger partial charge on any atom is -0.452 e. The highest BCUT2D eigenvalue weighted by Crippen LogP contribution is 2.26. The number of halogens is 2. The highest BCUT2D eigenvalue weighted by atomic mass is 35.5. The quantitative estimate of drug-likeness (QED) is 0.751. The van der Waals surface area contributed by atoms with Crippen molar-refractivity contribution in [2.45, 2.75) is 26.2 Å². The molecule has 0 bridgehead atoms. The summed E-state index contributed by atoms with van der Waals surface area (Å²) in [4.78, 5) is 23.9. The summed E-state index contributed by atoms with van der Waals surface area (Å²) in [6, 6.07) is 11.1. The summed E-state index contributed by atoms with van der Waals surface area (Å²) in [5.41, 5.74) is 1.42. The minimum atomic E-state index is -0.917. The van der Waals surface area contributed by atoms with Gasteiger partial charge >= 0.3 is 5.97 Å². The Bertz CT molecular complexity index is 779. The van der Waals surface area contributed by atoms with E-state index in [1.807, 2.05) is 18.2 Å². The van der Waals surface area contributed by atoms with Crippen LogP contribution in [-0.4, -0.2) is 18.5 Å². The molecule has 0 aliphatic rings. The monoisotopic (exact) mass is 363 g/mol. The Morgan fingerprint density at radius 1 is 1.24 bits per heavy atom. The molecule has 2 aromatic carbocycles. The lowest BCUT2D eigenvalue weighted by atomic mass is 9.97. The average Bonchev–Trinajstić information content (AvgIpc) is 2.59. The molecule has 1 N–H and O–H groups in total. The molecule has 0 aliphatic carbocycles. The summed E-state index contributed by atoms with van der Waals surface area (Å²) < 4.78 is 18.5. The van der Waals surface area contributed by atoms with Crippen LogP contribution in [0.1, 0.15) is 42.1 Å². The molecule has 0 fully saturated rings. The van der Waals surface area contributed by atoms with Crippen molar-refractivity contribution in [1.82, 2.24) is 0 Å². The van der Waals surface area contributed by atoms with Gasteiger partial charge in [0.1, 0.15) is 5.82 Å². The van der Waals surface area contributed by atoms with Crippen LogP contribution in [0.4, 0.5) is 10.1 Å². The smallest absolute Gasteiger partial charge is 0.341 e. The highest BCUT2D eigenvalue weighted by Gasteiger charge is 2.16. The minimum absolute atomic E-state index is 0.174. The normalized spacial score (nSPS) is 11.7. The van der Waals surface area contributed by atoms with Gasteiger partial charge in [0.15, 0.2) is 6.61 Å². The lowest BCUT2D eigenvalue weighted by Crippen LogP contribution is -2.22. The van der Waals surface area contributed by atoms with E-state index in [1.165, 1.54) is 12.1 Å². The van der Waals surface area contributed by atoms with Gasteiger partial charge in [0.25, 0.3) is 5.91 Å². The Hall–Kier alpha value is -2.40. The third kappa shape index (κ3) is 5.03. The second kappa shape index (κ2) is 8.62. The van der Waals surface area contributed by atoms with Gasteiger partial charge in [0, 0.05) is 10.7 Å². The van der Waals surface area contributed by atoms with E-state index in [0.717, 1.165) is 18.1 Å². The third-order valence-electron chi connectivity index (χ3n) is 3.86. The molecule has 0 aromatic heterocycles. The number of para-hydroxylation sites is 1. The summed E-state index contributed by atoms with van der Waals surface area (Å²) in [5.74, 6) is -1.92. The maximum atomic E-state index is 13.7. The summed E-state index contributed by atoms with van der Waals surface area (Å²) in [6.45, 7) is 3.62. The van der Waals surface area contributed by atoms with Crippen LogP contribution in [0, 0.1) is 5.82 Å². The first-order valence-corrected chi connectivity index (χ1v) is 8.31. The van der Waals surface area contributed by atoms with E-state index in [4.69, 9.17) is 16.3 Å². The van der Waals surface area contributed by atoms with Gasteiger partial charge in [-0.25, -0.2) is 9.18 Å². The molecule has 2 aromatic rings. The van der Waals surface area contributed by atoms with Gasteiger partial charge < -0.3 is 10.1 Å². The number of esters is 1. The van der Waals surface area contributed by atoms with Gasteiger partial charge in [-0.15, -0.1) is 0 Å². The van der Waals surface area contributed by atoms with E-state index < -0.39 is 24.3 Å². The molecular weight excluding hydrogens is 345 g/mol. The lowest BCUT2D eigenvalue weighted by Gasteiger charge is -2.15. The number of ether oxygens (including phenoxy) is 1. The zero-order chi connectivity index (χ0) is 18.4. The van der Waals surface area contributed by atoms with Crippen LogP contribution >= 0.6 is 11.6 Å². The van der Waals surface area contributed by atoms with Crippen LogP contribution < -0.4 is 5.32 Å². The molecule has 6 heteroatoms. The Labute approximate surface area is 150 Å². The predicted octanol–water partition coefficient (Wildman–Crippen LogP) is 4.79. The van der Waals surface area contributed by atoms with Gasteiger partial charge in [-0.2, -0.15) is 0 Å². The zero-order valence-corrected chi connectivity index (χ0v) is 14.8. The summed E-state index contributed by atoms with van der Waals surface area (Å²) in [5, 5.41) is 2.90. The Kier molecular flexibility index (Phi) is 6.53. The molecule has 25 heavy (non-hydrogen) atoms. The van der Waals surface area contributed by atoms with Crippen LogP contribution in [0.5, 0.6) is 0 Å². The SMILES string of the molecule is CC[C@H](C)c1ccccc1NC(=O)COC(=O)c1ccc(Cl)cc1F. The average molecular weight is 364 g/mol. The molecule has 0 heterocycles. The van der Waals surface area contributed by atoms with Crippen molar-refractivity contribution < 1.29 is 18.7 Å². The first-order valence-electron chi connectivity index (χ1n) is 7.93. The number of hydrogen-bond acceptors (Lipinski definition) is 3. The fraction of sp³-hybridized carbons (Fsp3) is 0.263. The molecule has 0 saturated heterocycles. The van der Waals surface area contributed by atoms with Crippen molar-refractivity contribution in [2.24, 2.45) is 0 Å². The molecule has 1 atom stereocenters. The molecule has 0 aliphatic heterocycles. The van der Waals surface area contributed by atoms with Crippen molar-refractivity contribution in [3.8, 4) is 0 Å². The second-order valence-electron chi connectivity index (χ2n) is 5.65. The number of rotatable bonds is 6. The van der Waals surface area contributed by atoms with Crippen LogP contribution in [-0.2, 0) is 9.53 Å². The van der Waals surface area contributed by atoms with Crippen LogP contribution in [0.25, 0.3) is 0 Å². The van der Waals surface area contributed by atoms with E-state index in [2.05, 4.69) is 19.2 Å². The van der Waals surface area contributed by atoms with Crippen molar-refractivity contribution in [3.05, 3.63) is 64.4 Å². The molecule has 0 radical (unpaired) electrons. The fourth-order valence-electron chi connectivity index (χ4n) is 2.31. The first kappa shape index (κ1) is 18.9. The zero-order valence-electron chi connectivity index (χ0n) is 14.0. The number of benzene rings is 2. The van der Waals surface area contributed by atoms with Gasteiger partial charge in [0.05, 0.1) is 5.56 Å². The van der Waals surface area contributed by atoms with Gasteiger partial charge in [-0.1, -0.05) is 43.6 Å². The van der Waals surface area contributed by atoms with Gasteiger partial charge in [-0.3, -0.25) is 4.79 Å². The molecule has 132 valence electrons. The van der Waals surface area contributed by atoms with E-state index in [9.17, 15) is 14.0 Å². The third-order valence-corrected chi connectivity index (χ3v) is 4.10. The maximum absolute atomic E-state index is 13.7. The highest BCUT2D eigenvalue weighted by molar-refractivity contribution is 6.30. The van der Waals surface area contributed by atoms with E-state index in [1.54, 1.807) is 6.07 Å². The number of anilines is 1. The summed E-state index contributed by atoms with van der Waals surface area (Å²) >= 11 is 5.64.